The average Bonchev–Trinajstić information content (AvgIpc) is 3.71. The average molecular weight is 997 g/mol. The van der Waals surface area contributed by atoms with E-state index in [1.54, 1.807) is 22.3 Å². The van der Waals surface area contributed by atoms with Crippen LogP contribution in [0.1, 0.15) is 204 Å². The minimum Gasteiger partial charge on any atom is -0.468 e. The number of benzene rings is 4. The van der Waals surface area contributed by atoms with Gasteiger partial charge in [-0.25, -0.2) is 0 Å². The number of nitrogens with zero attached hydrogens (tertiary/aromatic N) is 2. The van der Waals surface area contributed by atoms with Crippen molar-refractivity contribution in [2.45, 2.75) is 210 Å². The van der Waals surface area contributed by atoms with Gasteiger partial charge in [0.25, 0.3) is 6.71 Å². The number of hydrogen-bond donors (Lipinski definition) is 0. The van der Waals surface area contributed by atoms with E-state index in [4.69, 9.17) is 4.42 Å². The van der Waals surface area contributed by atoms with Crippen LogP contribution in [0.5, 0.6) is 0 Å². The lowest BCUT2D eigenvalue weighted by Gasteiger charge is -2.54. The summed E-state index contributed by atoms with van der Waals surface area (Å²) in [6.07, 6.45) is 16.0. The van der Waals surface area contributed by atoms with Gasteiger partial charge in [0.1, 0.15) is 5.58 Å². The normalized spacial score (nSPS) is 25.5. The predicted molar refractivity (Wildman–Crippen MR) is 323 cm³/mol. The molecular weight excluding hydrogens is 908 g/mol. The number of fused-ring (bicyclic) bond motifs is 7. The van der Waals surface area contributed by atoms with Gasteiger partial charge >= 0.3 is 0 Å². The smallest absolute Gasteiger partial charge is 0.297 e. The van der Waals surface area contributed by atoms with E-state index in [1.165, 1.54) is 111 Å². The molecule has 4 aromatic carbocycles. The van der Waals surface area contributed by atoms with Crippen LogP contribution in [0.4, 0.5) is 22.7 Å². The van der Waals surface area contributed by atoms with Gasteiger partial charge in [0.15, 0.2) is 0 Å². The number of hydrogen-bond acceptors (Lipinski definition) is 3. The van der Waals surface area contributed by atoms with Crippen molar-refractivity contribution >= 4 is 62.6 Å². The summed E-state index contributed by atoms with van der Waals surface area (Å²) in [4.78, 5) is 5.73. The molecule has 0 bridgehead atoms. The Balaban J connectivity index is 1.21. The Kier molecular flexibility index (Phi) is 10.9. The van der Waals surface area contributed by atoms with Crippen molar-refractivity contribution in [3.63, 3.8) is 0 Å². The first-order valence-corrected chi connectivity index (χ1v) is 29.3. The fourth-order valence-electron chi connectivity index (χ4n) is 15.9. The molecular formula is C71H89BN2O. The quantitative estimate of drug-likeness (QED) is 0.168. The van der Waals surface area contributed by atoms with Gasteiger partial charge in [0.05, 0.1) is 23.4 Å². The summed E-state index contributed by atoms with van der Waals surface area (Å²) < 4.78 is 7.85. The Bertz CT molecular complexity index is 3360. The molecule has 0 N–H and O–H groups in total. The molecule has 0 fully saturated rings. The first kappa shape index (κ1) is 50.8. The Morgan fingerprint density at radius 2 is 1.15 bits per heavy atom. The van der Waals surface area contributed by atoms with Gasteiger partial charge in [-0.3, -0.25) is 0 Å². The highest BCUT2D eigenvalue weighted by atomic mass is 16.3. The summed E-state index contributed by atoms with van der Waals surface area (Å²) in [5.41, 5.74) is 25.3. The molecule has 0 amide bonds. The second-order valence-electron chi connectivity index (χ2n) is 30.9. The maximum absolute atomic E-state index is 7.85. The largest absolute Gasteiger partial charge is 0.468 e. The SMILES string of the molecule is CC1C2=C(C=C(c3ccccc3)C1N1c3ccc(C(C)(C)C)cc3B3c4oc5cc6c(cc5c4N(C4C=CC5=C(C4)C(C)(C)CCC5(C)C)c4cc(C(C)(C)C)cc1c43)C(C)(C)CCC6(C)C)C(C)(C)CCC2(C)C. The molecule has 12 rings (SSSR count). The van der Waals surface area contributed by atoms with E-state index in [2.05, 4.69) is 232 Å². The number of anilines is 4. The van der Waals surface area contributed by atoms with Crippen molar-refractivity contribution < 1.29 is 4.42 Å². The van der Waals surface area contributed by atoms with Crippen molar-refractivity contribution in [3.8, 4) is 0 Å². The number of furan rings is 1. The molecule has 2 aliphatic heterocycles. The summed E-state index contributed by atoms with van der Waals surface area (Å²) in [6.45, 7) is 47.0. The molecule has 0 spiro atoms. The lowest BCUT2D eigenvalue weighted by atomic mass is 9.35. The van der Waals surface area contributed by atoms with E-state index in [1.807, 2.05) is 0 Å². The van der Waals surface area contributed by atoms with E-state index in [0.29, 0.717) is 0 Å². The van der Waals surface area contributed by atoms with E-state index in [-0.39, 0.29) is 68.0 Å². The van der Waals surface area contributed by atoms with Crippen LogP contribution in [-0.2, 0) is 21.7 Å². The summed E-state index contributed by atoms with van der Waals surface area (Å²) >= 11 is 0. The van der Waals surface area contributed by atoms with Crippen LogP contribution in [0.25, 0.3) is 16.5 Å². The molecule has 1 aromatic heterocycles. The Hall–Kier alpha value is -4.96. The van der Waals surface area contributed by atoms with Crippen LogP contribution in [0, 0.1) is 27.6 Å². The molecule has 3 heterocycles. The fraction of sp³-hybridized carbons (Fsp3) is 0.521. The van der Waals surface area contributed by atoms with Crippen LogP contribution in [0.2, 0.25) is 0 Å². The zero-order valence-corrected chi connectivity index (χ0v) is 49.7. The van der Waals surface area contributed by atoms with Crippen molar-refractivity contribution in [3.05, 3.63) is 141 Å². The molecule has 392 valence electrons. The van der Waals surface area contributed by atoms with Crippen molar-refractivity contribution in [2.75, 3.05) is 9.80 Å². The van der Waals surface area contributed by atoms with Crippen molar-refractivity contribution in [1.29, 1.82) is 0 Å². The first-order valence-electron chi connectivity index (χ1n) is 29.3. The molecule has 5 aromatic rings. The standard InChI is InChI=1S/C71H89BN2O/c1-42-59-53(70(16,17)33-34-71(59,18)19)39-47(43-23-21-20-22-24-43)61(42)74-55-28-25-44(64(2,3)4)35-54(55)72-60-56(36-45(37-57(60)74)65(5,6)7)73(46-26-27-49-50(38-46)67(10,11)30-29-66(49,8)9)62-48-40-51-52(41-58(48)75-63(62)72)69(14,15)32-31-68(51,12)13/h20-28,35-37,39-42,46,61H,29-34,38H2,1-19H3. The highest BCUT2D eigenvalue weighted by Crippen LogP contribution is 2.60. The minimum atomic E-state index is -0.128. The zero-order chi connectivity index (χ0) is 53.7. The van der Waals surface area contributed by atoms with Crippen LogP contribution in [-0.4, -0.2) is 18.8 Å². The molecule has 3 atom stereocenters. The van der Waals surface area contributed by atoms with Gasteiger partial charge in [-0.1, -0.05) is 203 Å². The Morgan fingerprint density at radius 1 is 0.573 bits per heavy atom. The second kappa shape index (κ2) is 16.1. The van der Waals surface area contributed by atoms with Crippen molar-refractivity contribution in [2.24, 2.45) is 27.6 Å². The van der Waals surface area contributed by atoms with E-state index in [0.717, 1.165) is 17.7 Å². The van der Waals surface area contributed by atoms with Gasteiger partial charge < -0.3 is 14.2 Å². The molecule has 7 aliphatic rings. The van der Waals surface area contributed by atoms with Gasteiger partial charge in [-0.2, -0.15) is 0 Å². The maximum Gasteiger partial charge on any atom is 0.297 e. The molecule has 5 aliphatic carbocycles. The predicted octanol–water partition coefficient (Wildman–Crippen LogP) is 17.5. The third kappa shape index (κ3) is 7.60. The molecule has 0 saturated heterocycles. The molecule has 75 heavy (non-hydrogen) atoms. The van der Waals surface area contributed by atoms with Gasteiger partial charge in [-0.05, 0) is 174 Å². The lowest BCUT2D eigenvalue weighted by molar-refractivity contribution is 0.240. The third-order valence-electron chi connectivity index (χ3n) is 21.0. The topological polar surface area (TPSA) is 19.6 Å². The summed E-state index contributed by atoms with van der Waals surface area (Å²) in [6, 6.07) is 29.6. The Labute approximate surface area is 453 Å². The zero-order valence-electron chi connectivity index (χ0n) is 49.7. The fourth-order valence-corrected chi connectivity index (χ4v) is 15.9. The summed E-state index contributed by atoms with van der Waals surface area (Å²) in [5.74, 6) is 0.235. The highest BCUT2D eigenvalue weighted by molar-refractivity contribution is 6.99. The minimum absolute atomic E-state index is 0.0353. The molecule has 0 radical (unpaired) electrons. The first-order chi connectivity index (χ1) is 34.8. The maximum atomic E-state index is 7.85. The number of allylic oxidation sites excluding steroid dienone is 4. The molecule has 3 nitrogen and oxygen atoms in total. The van der Waals surface area contributed by atoms with Gasteiger partial charge in [0, 0.05) is 28.4 Å². The lowest BCUT2D eigenvalue weighted by Crippen LogP contribution is -2.64. The summed E-state index contributed by atoms with van der Waals surface area (Å²) in [7, 11) is 0. The molecule has 0 saturated carbocycles. The monoisotopic (exact) mass is 997 g/mol. The van der Waals surface area contributed by atoms with Crippen LogP contribution < -0.4 is 26.4 Å². The third-order valence-corrected chi connectivity index (χ3v) is 21.0. The second-order valence-corrected chi connectivity index (χ2v) is 30.9. The highest BCUT2D eigenvalue weighted by Gasteiger charge is 2.54. The molecule has 3 unspecified atom stereocenters. The van der Waals surface area contributed by atoms with Crippen LogP contribution >= 0.6 is 0 Å². The van der Waals surface area contributed by atoms with E-state index >= 15 is 0 Å². The summed E-state index contributed by atoms with van der Waals surface area (Å²) in [5, 5.41) is 1.27. The Morgan fingerprint density at radius 3 is 1.79 bits per heavy atom. The molecule has 4 heteroatoms. The van der Waals surface area contributed by atoms with Gasteiger partial charge in [-0.15, -0.1) is 0 Å². The number of rotatable bonds is 3. The van der Waals surface area contributed by atoms with E-state index in [9.17, 15) is 0 Å². The van der Waals surface area contributed by atoms with E-state index < -0.39 is 0 Å². The van der Waals surface area contributed by atoms with Crippen LogP contribution in [0.3, 0.4) is 0 Å². The van der Waals surface area contributed by atoms with Gasteiger partial charge in [0.2, 0.25) is 0 Å². The van der Waals surface area contributed by atoms with Crippen LogP contribution in [0.15, 0.2) is 118 Å². The van der Waals surface area contributed by atoms with Crippen molar-refractivity contribution in [1.82, 2.24) is 0 Å².